The van der Waals surface area contributed by atoms with E-state index in [1.165, 1.54) is 0 Å². The maximum atomic E-state index is 13.0. The third kappa shape index (κ3) is 2.63. The summed E-state index contributed by atoms with van der Waals surface area (Å²) in [5.41, 5.74) is 1.97. The molecule has 0 aliphatic rings. The van der Waals surface area contributed by atoms with Gasteiger partial charge in [0.1, 0.15) is 11.2 Å². The summed E-state index contributed by atoms with van der Waals surface area (Å²) in [5, 5.41) is 9.53. The Kier molecular flexibility index (Phi) is 3.76. The summed E-state index contributed by atoms with van der Waals surface area (Å²) in [6.45, 7) is 4.62. The lowest BCUT2D eigenvalue weighted by Gasteiger charge is -2.25. The van der Waals surface area contributed by atoms with Gasteiger partial charge < -0.3 is 9.13 Å². The third-order valence-corrected chi connectivity index (χ3v) is 4.88. The third-order valence-electron chi connectivity index (χ3n) is 4.88. The summed E-state index contributed by atoms with van der Waals surface area (Å²) in [6, 6.07) is 14.0. The molecule has 0 unspecified atom stereocenters. The molecule has 1 aromatic carbocycles. The van der Waals surface area contributed by atoms with E-state index in [4.69, 9.17) is 0 Å². The lowest BCUT2D eigenvalue weighted by Crippen LogP contribution is -2.37. The number of pyridine rings is 1. The average molecular weight is 347 g/mol. The minimum Gasteiger partial charge on any atom is -0.346 e. The highest BCUT2D eigenvalue weighted by Crippen LogP contribution is 2.23. The quantitative estimate of drug-likeness (QED) is 0.570. The largest absolute Gasteiger partial charge is 0.346 e. The maximum absolute atomic E-state index is 13.0. The molecule has 0 spiro atoms. The first-order chi connectivity index (χ1) is 12.5. The Morgan fingerprint density at radius 2 is 1.77 bits per heavy atom. The Morgan fingerprint density at radius 3 is 2.54 bits per heavy atom. The van der Waals surface area contributed by atoms with E-state index in [2.05, 4.69) is 22.4 Å². The molecule has 0 amide bonds. The van der Waals surface area contributed by atoms with Crippen LogP contribution in [0.1, 0.15) is 25.1 Å². The summed E-state index contributed by atoms with van der Waals surface area (Å²) in [4.78, 5) is 13.0. The highest BCUT2D eigenvalue weighted by atomic mass is 16.1. The van der Waals surface area contributed by atoms with E-state index in [1.54, 1.807) is 9.25 Å². The molecule has 0 N–H and O–H groups in total. The summed E-state index contributed by atoms with van der Waals surface area (Å²) >= 11 is 0. The van der Waals surface area contributed by atoms with Crippen LogP contribution in [0.5, 0.6) is 0 Å². The normalized spacial score (nSPS) is 12.0. The Bertz CT molecular complexity index is 1120. The van der Waals surface area contributed by atoms with Gasteiger partial charge in [-0.05, 0) is 31.5 Å². The van der Waals surface area contributed by atoms with Gasteiger partial charge in [0.2, 0.25) is 0 Å². The second-order valence-corrected chi connectivity index (χ2v) is 7.07. The van der Waals surface area contributed by atoms with Crippen LogP contribution in [-0.2, 0) is 19.1 Å². The Morgan fingerprint density at radius 1 is 1.04 bits per heavy atom. The molecule has 4 rings (SSSR count). The van der Waals surface area contributed by atoms with Crippen LogP contribution in [0.4, 0.5) is 0 Å². The van der Waals surface area contributed by atoms with Gasteiger partial charge >= 0.3 is 0 Å². The van der Waals surface area contributed by atoms with Gasteiger partial charge in [0.15, 0.2) is 0 Å². The van der Waals surface area contributed by atoms with Gasteiger partial charge in [-0.1, -0.05) is 35.5 Å². The molecule has 26 heavy (non-hydrogen) atoms. The summed E-state index contributed by atoms with van der Waals surface area (Å²) in [5.74, 6) is 0. The SMILES string of the molecule is Cn1ccc2ccn(C(C)(C)c3cn(Cc4ccccc4)nn3)c(=O)c21. The first-order valence-corrected chi connectivity index (χ1v) is 8.58. The number of aryl methyl sites for hydroxylation is 1. The van der Waals surface area contributed by atoms with Crippen molar-refractivity contribution < 1.29 is 0 Å². The highest BCUT2D eigenvalue weighted by molar-refractivity contribution is 5.78. The smallest absolute Gasteiger partial charge is 0.275 e. The van der Waals surface area contributed by atoms with Crippen molar-refractivity contribution in [2.75, 3.05) is 0 Å². The van der Waals surface area contributed by atoms with Gasteiger partial charge in [-0.25, -0.2) is 4.68 Å². The number of aromatic nitrogens is 5. The summed E-state index contributed by atoms with van der Waals surface area (Å²) < 4.78 is 5.39. The number of nitrogens with zero attached hydrogens (tertiary/aromatic N) is 5. The molecule has 6 heteroatoms. The van der Waals surface area contributed by atoms with Crippen LogP contribution in [-0.4, -0.2) is 24.1 Å². The zero-order valence-corrected chi connectivity index (χ0v) is 15.1. The van der Waals surface area contributed by atoms with E-state index in [1.807, 2.05) is 74.4 Å². The standard InChI is InChI=1S/C20H21N5O/c1-20(2,25-12-10-16-9-11-23(3)18(16)19(25)26)17-14-24(22-21-17)13-15-7-5-4-6-8-15/h4-12,14H,13H2,1-3H3. The molecule has 3 heterocycles. The van der Waals surface area contributed by atoms with E-state index < -0.39 is 5.54 Å². The molecule has 0 bridgehead atoms. The minimum absolute atomic E-state index is 0.0300. The molecular formula is C20H21N5O. The van der Waals surface area contributed by atoms with Gasteiger partial charge in [-0.3, -0.25) is 4.79 Å². The highest BCUT2D eigenvalue weighted by Gasteiger charge is 2.28. The molecule has 132 valence electrons. The molecule has 0 aliphatic carbocycles. The van der Waals surface area contributed by atoms with E-state index in [-0.39, 0.29) is 5.56 Å². The molecule has 0 atom stereocenters. The molecule has 0 saturated carbocycles. The van der Waals surface area contributed by atoms with Crippen LogP contribution < -0.4 is 5.56 Å². The molecule has 4 aromatic rings. The first-order valence-electron chi connectivity index (χ1n) is 8.58. The van der Waals surface area contributed by atoms with Gasteiger partial charge in [0.05, 0.1) is 18.3 Å². The van der Waals surface area contributed by atoms with Crippen LogP contribution in [0.25, 0.3) is 10.9 Å². The van der Waals surface area contributed by atoms with Crippen LogP contribution in [0.15, 0.2) is 65.8 Å². The van der Waals surface area contributed by atoms with Crippen LogP contribution in [0.3, 0.4) is 0 Å². The second kappa shape index (κ2) is 5.98. The Hall–Kier alpha value is -3.15. The second-order valence-electron chi connectivity index (χ2n) is 7.07. The van der Waals surface area contributed by atoms with Gasteiger partial charge in [-0.2, -0.15) is 0 Å². The molecule has 0 radical (unpaired) electrons. The van der Waals surface area contributed by atoms with Crippen LogP contribution in [0, 0.1) is 0 Å². The van der Waals surface area contributed by atoms with Crippen molar-refractivity contribution in [2.24, 2.45) is 7.05 Å². The number of fused-ring (bicyclic) bond motifs is 1. The number of rotatable bonds is 4. The molecule has 6 nitrogen and oxygen atoms in total. The molecule has 0 fully saturated rings. The monoisotopic (exact) mass is 347 g/mol. The van der Waals surface area contributed by atoms with Crippen molar-refractivity contribution in [3.63, 3.8) is 0 Å². The fraction of sp³-hybridized carbons (Fsp3) is 0.250. The zero-order chi connectivity index (χ0) is 18.3. The number of benzene rings is 1. The fourth-order valence-corrected chi connectivity index (χ4v) is 3.28. The zero-order valence-electron chi connectivity index (χ0n) is 15.1. The first kappa shape index (κ1) is 16.3. The van der Waals surface area contributed by atoms with Crippen LogP contribution >= 0.6 is 0 Å². The van der Waals surface area contributed by atoms with Crippen molar-refractivity contribution in [1.82, 2.24) is 24.1 Å². The van der Waals surface area contributed by atoms with E-state index >= 15 is 0 Å². The van der Waals surface area contributed by atoms with Crippen molar-refractivity contribution in [1.29, 1.82) is 0 Å². The minimum atomic E-state index is -0.607. The van der Waals surface area contributed by atoms with Crippen molar-refractivity contribution in [2.45, 2.75) is 25.9 Å². The molecule has 3 aromatic heterocycles. The maximum Gasteiger partial charge on any atom is 0.275 e. The predicted octanol–water partition coefficient (Wildman–Crippen LogP) is 2.76. The number of hydrogen-bond donors (Lipinski definition) is 0. The Balaban J connectivity index is 1.72. The van der Waals surface area contributed by atoms with E-state index in [0.717, 1.165) is 16.6 Å². The average Bonchev–Trinajstić information content (AvgIpc) is 3.24. The topological polar surface area (TPSA) is 57.6 Å². The van der Waals surface area contributed by atoms with Gasteiger partial charge in [-0.15, -0.1) is 5.10 Å². The lowest BCUT2D eigenvalue weighted by atomic mass is 10.0. The van der Waals surface area contributed by atoms with E-state index in [0.29, 0.717) is 12.1 Å². The molecule has 0 aliphatic heterocycles. The van der Waals surface area contributed by atoms with Crippen LogP contribution in [0.2, 0.25) is 0 Å². The summed E-state index contributed by atoms with van der Waals surface area (Å²) in [6.07, 6.45) is 5.65. The summed E-state index contributed by atoms with van der Waals surface area (Å²) in [7, 11) is 1.89. The molecule has 0 saturated heterocycles. The van der Waals surface area contributed by atoms with E-state index in [9.17, 15) is 4.79 Å². The Labute approximate surface area is 151 Å². The van der Waals surface area contributed by atoms with Crippen molar-refractivity contribution in [3.8, 4) is 0 Å². The van der Waals surface area contributed by atoms with Crippen molar-refractivity contribution in [3.05, 3.63) is 82.7 Å². The molecular weight excluding hydrogens is 326 g/mol. The fourth-order valence-electron chi connectivity index (χ4n) is 3.28. The lowest BCUT2D eigenvalue weighted by molar-refractivity contribution is 0.411. The van der Waals surface area contributed by atoms with Gasteiger partial charge in [0, 0.05) is 24.8 Å². The van der Waals surface area contributed by atoms with Crippen molar-refractivity contribution >= 4 is 10.9 Å². The predicted molar refractivity (Wildman–Crippen MR) is 101 cm³/mol. The van der Waals surface area contributed by atoms with Gasteiger partial charge in [0.25, 0.3) is 5.56 Å². The number of hydrogen-bond acceptors (Lipinski definition) is 3.